The van der Waals surface area contributed by atoms with Crippen LogP contribution in [0.15, 0.2) is 289 Å². The van der Waals surface area contributed by atoms with Gasteiger partial charge in [-0.3, -0.25) is 0 Å². The minimum atomic E-state index is -0.105. The maximum Gasteiger partial charge on any atom is 0.252 e. The fraction of sp³-hybridized carbons (Fsp3) is 0. The van der Waals surface area contributed by atoms with Gasteiger partial charge in [0.2, 0.25) is 0 Å². The van der Waals surface area contributed by atoms with E-state index in [0.717, 1.165) is 45.4 Å². The SMILES string of the molecule is c1ccc2c(c1)Oc1c(-c3cc4c5c(c3)c3ccccc3n5-c3cc(N5c6ccccc6Sc6ccccc65)cc5c3B4c3cccc4c6ccccc6n-5c34)cccc1N2c1cc2c3c(c1)-n1c4ccccc4c4cccc(c41)B3c1cccc3c4ccccc4n-2c13. The molecule has 4 aromatic heterocycles. The first-order chi connectivity index (χ1) is 46.7. The van der Waals surface area contributed by atoms with Crippen LogP contribution in [0.4, 0.5) is 34.1 Å². The van der Waals surface area contributed by atoms with E-state index in [1.807, 2.05) is 11.8 Å². The first-order valence-electron chi connectivity index (χ1n) is 32.6. The highest BCUT2D eigenvalue weighted by molar-refractivity contribution is 7.99. The average molecular weight is 1210 g/mol. The molecule has 430 valence electrons. The van der Waals surface area contributed by atoms with Crippen LogP contribution >= 0.6 is 11.8 Å². The molecule has 0 atom stereocenters. The molecule has 0 unspecified atom stereocenters. The lowest BCUT2D eigenvalue weighted by atomic mass is 9.34. The van der Waals surface area contributed by atoms with Crippen LogP contribution in [0.3, 0.4) is 0 Å². The summed E-state index contributed by atoms with van der Waals surface area (Å²) in [4.78, 5) is 7.48. The number of nitrogens with zero attached hydrogens (tertiary/aromatic N) is 6. The van der Waals surface area contributed by atoms with Crippen molar-refractivity contribution in [2.45, 2.75) is 9.79 Å². The molecule has 0 fully saturated rings. The zero-order valence-electron chi connectivity index (χ0n) is 50.2. The Morgan fingerprint density at radius 2 is 0.649 bits per heavy atom. The summed E-state index contributed by atoms with van der Waals surface area (Å²) < 4.78 is 17.9. The van der Waals surface area contributed by atoms with E-state index >= 15 is 0 Å². The van der Waals surface area contributed by atoms with Crippen LogP contribution < -0.4 is 47.3 Å². The zero-order chi connectivity index (χ0) is 60.5. The lowest BCUT2D eigenvalue weighted by Crippen LogP contribution is -2.59. The summed E-state index contributed by atoms with van der Waals surface area (Å²) in [7, 11) is 0. The van der Waals surface area contributed by atoms with E-state index in [2.05, 4.69) is 307 Å². The molecule has 18 aromatic rings. The van der Waals surface area contributed by atoms with Crippen molar-refractivity contribution < 1.29 is 4.74 Å². The van der Waals surface area contributed by atoms with Crippen LogP contribution in [-0.2, 0) is 0 Å². The quantitative estimate of drug-likeness (QED) is 0.165. The Bertz CT molecular complexity index is 6440. The Labute approximate surface area is 542 Å². The monoisotopic (exact) mass is 1210 g/mol. The Balaban J connectivity index is 0.773. The number of hydrogen-bond acceptors (Lipinski definition) is 4. The van der Waals surface area contributed by atoms with Crippen molar-refractivity contribution in [3.63, 3.8) is 0 Å². The van der Waals surface area contributed by atoms with Gasteiger partial charge in [-0.2, -0.15) is 0 Å². The molecule has 0 bridgehead atoms. The lowest BCUT2D eigenvalue weighted by Gasteiger charge is -2.38. The summed E-state index contributed by atoms with van der Waals surface area (Å²) in [5, 5.41) is 10.0. The van der Waals surface area contributed by atoms with Gasteiger partial charge in [0, 0.05) is 103 Å². The van der Waals surface area contributed by atoms with Crippen LogP contribution in [0.25, 0.3) is 121 Å². The van der Waals surface area contributed by atoms with Gasteiger partial charge in [0.1, 0.15) is 0 Å². The third kappa shape index (κ3) is 5.84. The van der Waals surface area contributed by atoms with E-state index in [-0.39, 0.29) is 13.4 Å². The number of benzene rings is 14. The lowest BCUT2D eigenvalue weighted by molar-refractivity contribution is 0.479. The Kier molecular flexibility index (Phi) is 8.95. The van der Waals surface area contributed by atoms with Crippen molar-refractivity contribution >= 4 is 179 Å². The topological polar surface area (TPSA) is 35.4 Å². The summed E-state index contributed by atoms with van der Waals surface area (Å²) in [6.45, 7) is -0.0849. The predicted octanol–water partition coefficient (Wildman–Crippen LogP) is 17.5. The highest BCUT2D eigenvalue weighted by atomic mass is 32.2. The van der Waals surface area contributed by atoms with Gasteiger partial charge in [-0.05, 0) is 135 Å². The zero-order valence-corrected chi connectivity index (χ0v) is 51.0. The fourth-order valence-corrected chi connectivity index (χ4v) is 19.4. The number of rotatable bonds is 3. The second-order valence-electron chi connectivity index (χ2n) is 26.2. The summed E-state index contributed by atoms with van der Waals surface area (Å²) in [6.07, 6.45) is 0. The van der Waals surface area contributed by atoms with Crippen molar-refractivity contribution in [1.29, 1.82) is 0 Å². The number of hydrogen-bond donors (Lipinski definition) is 0. The van der Waals surface area contributed by atoms with E-state index in [9.17, 15) is 0 Å². The summed E-state index contributed by atoms with van der Waals surface area (Å²) in [5.74, 6) is 1.63. The fourth-order valence-electron chi connectivity index (χ4n) is 18.4. The third-order valence-corrected chi connectivity index (χ3v) is 22.9. The molecule has 0 amide bonds. The minimum absolute atomic E-state index is 0.0197. The third-order valence-electron chi connectivity index (χ3n) is 21.8. The highest BCUT2D eigenvalue weighted by Crippen LogP contribution is 2.57. The van der Waals surface area contributed by atoms with Gasteiger partial charge >= 0.3 is 0 Å². The molecule has 0 aliphatic carbocycles. The van der Waals surface area contributed by atoms with Gasteiger partial charge in [-0.1, -0.05) is 194 Å². The molecule has 7 nitrogen and oxygen atoms in total. The molecule has 0 N–H and O–H groups in total. The smallest absolute Gasteiger partial charge is 0.252 e. The van der Waals surface area contributed by atoms with E-state index < -0.39 is 0 Å². The van der Waals surface area contributed by atoms with Crippen molar-refractivity contribution in [2.24, 2.45) is 0 Å². The second kappa shape index (κ2) is 17.2. The highest BCUT2D eigenvalue weighted by Gasteiger charge is 2.45. The minimum Gasteiger partial charge on any atom is -0.452 e. The van der Waals surface area contributed by atoms with Gasteiger partial charge in [-0.25, -0.2) is 0 Å². The summed E-state index contributed by atoms with van der Waals surface area (Å²) in [5.41, 5.74) is 31.3. The van der Waals surface area contributed by atoms with Crippen molar-refractivity contribution in [3.8, 4) is 45.4 Å². The molecule has 6 aliphatic heterocycles. The van der Waals surface area contributed by atoms with Gasteiger partial charge in [-0.15, -0.1) is 0 Å². The largest absolute Gasteiger partial charge is 0.452 e. The maximum absolute atomic E-state index is 7.50. The van der Waals surface area contributed by atoms with Crippen molar-refractivity contribution in [2.75, 3.05) is 9.80 Å². The standard InChI is InChI=1S/C84H46B2N6OS/c1-5-30-63-51(19-1)55-24-15-27-59-80(55)89(63)71-43-48(44-72-78(71)85(59)60-28-16-25-56-52-20-2-6-31-64(52)90(72)81(56)60)87-67-34-9-12-38-75(67)93-84-50(23-18-37-70(84)87)47-41-58-54-22-4-8-33-66(54)92-74-46-49(88-68-35-10-13-39-76(68)94-77-40-14-11-36-69(77)88)45-73-79(74)86(62(42-47)83(58)92)61-29-17-26-57-53-21-3-7-32-65(53)91(73)82(57)61/h1-46H. The Morgan fingerprint density at radius 3 is 1.15 bits per heavy atom. The van der Waals surface area contributed by atoms with E-state index in [1.54, 1.807) is 0 Å². The van der Waals surface area contributed by atoms with Gasteiger partial charge < -0.3 is 32.8 Å². The number of ether oxygens (including phenoxy) is 1. The molecule has 10 heterocycles. The van der Waals surface area contributed by atoms with Crippen LogP contribution in [0, 0.1) is 0 Å². The number of para-hydroxylation sites is 12. The maximum atomic E-state index is 7.50. The Morgan fingerprint density at radius 1 is 0.277 bits per heavy atom. The molecule has 0 saturated carbocycles. The van der Waals surface area contributed by atoms with Crippen molar-refractivity contribution in [1.82, 2.24) is 18.3 Å². The van der Waals surface area contributed by atoms with Gasteiger partial charge in [0.25, 0.3) is 13.4 Å². The summed E-state index contributed by atoms with van der Waals surface area (Å²) in [6, 6.07) is 105. The normalized spacial score (nSPS) is 13.9. The predicted molar refractivity (Wildman–Crippen MR) is 392 cm³/mol. The first kappa shape index (κ1) is 48.9. The molecule has 0 spiro atoms. The number of anilines is 6. The van der Waals surface area contributed by atoms with Crippen LogP contribution in [0.2, 0.25) is 0 Å². The number of fused-ring (bicyclic) bond motifs is 24. The van der Waals surface area contributed by atoms with E-state index in [0.29, 0.717) is 0 Å². The average Bonchev–Trinajstić information content (AvgIpc) is 1.44. The molecule has 0 saturated heterocycles. The number of aromatic nitrogens is 4. The second-order valence-corrected chi connectivity index (χ2v) is 27.3. The molecular formula is C84H46B2N6OS. The molecular weight excluding hydrogens is 1160 g/mol. The molecule has 0 radical (unpaired) electrons. The Hall–Kier alpha value is -11.8. The van der Waals surface area contributed by atoms with Crippen LogP contribution in [0.5, 0.6) is 11.5 Å². The van der Waals surface area contributed by atoms with Crippen LogP contribution in [0.1, 0.15) is 0 Å². The molecule has 10 heteroatoms. The summed E-state index contributed by atoms with van der Waals surface area (Å²) >= 11 is 1.85. The van der Waals surface area contributed by atoms with E-state index in [1.165, 1.54) is 164 Å². The molecule has 94 heavy (non-hydrogen) atoms. The van der Waals surface area contributed by atoms with E-state index in [4.69, 9.17) is 4.74 Å². The molecule has 24 rings (SSSR count). The van der Waals surface area contributed by atoms with Crippen molar-refractivity contribution in [3.05, 3.63) is 279 Å². The molecule has 14 aromatic carbocycles. The van der Waals surface area contributed by atoms with Crippen LogP contribution in [-0.4, -0.2) is 31.7 Å². The molecule has 6 aliphatic rings. The van der Waals surface area contributed by atoms with Gasteiger partial charge in [0.15, 0.2) is 11.5 Å². The van der Waals surface area contributed by atoms with Gasteiger partial charge in [0.05, 0.1) is 56.2 Å². The first-order valence-corrected chi connectivity index (χ1v) is 33.4.